The van der Waals surface area contributed by atoms with Crippen molar-refractivity contribution >= 4 is 12.2 Å². The summed E-state index contributed by atoms with van der Waals surface area (Å²) in [6.45, 7) is 1.95. The molecule has 0 radical (unpaired) electrons. The molecule has 0 unspecified atom stereocenters. The highest BCUT2D eigenvalue weighted by atomic mass is 16.6. The number of hydrogen-bond donors (Lipinski definition) is 1. The highest BCUT2D eigenvalue weighted by molar-refractivity contribution is 5.72. The first-order valence-corrected chi connectivity index (χ1v) is 12.8. The third-order valence-electron chi connectivity index (χ3n) is 11.2. The Morgan fingerprint density at radius 3 is 2.51 bits per heavy atom. The quantitative estimate of drug-likeness (QED) is 0.529. The van der Waals surface area contributed by atoms with E-state index in [2.05, 4.69) is 0 Å². The van der Waals surface area contributed by atoms with Crippen LogP contribution in [-0.2, 0) is 33.2 Å². The van der Waals surface area contributed by atoms with Crippen molar-refractivity contribution < 1.29 is 38.3 Å². The van der Waals surface area contributed by atoms with Gasteiger partial charge in [0, 0.05) is 83.7 Å². The Balaban J connectivity index is 1.66. The Hall–Kier alpha value is -1.10. The molecule has 0 aromatic rings. The molecule has 0 aromatic heterocycles. The fourth-order valence-corrected chi connectivity index (χ4v) is 10.6. The van der Waals surface area contributed by atoms with Crippen LogP contribution in [0.25, 0.3) is 0 Å². The van der Waals surface area contributed by atoms with Crippen molar-refractivity contribution in [2.45, 2.75) is 74.3 Å². The second-order valence-corrected chi connectivity index (χ2v) is 11.7. The van der Waals surface area contributed by atoms with Crippen molar-refractivity contribution in [1.29, 1.82) is 0 Å². The zero-order valence-corrected chi connectivity index (χ0v) is 21.6. The Kier molecular flexibility index (Phi) is 5.34. The Morgan fingerprint density at radius 2 is 1.91 bits per heavy atom. The van der Waals surface area contributed by atoms with Gasteiger partial charge < -0.3 is 33.5 Å². The van der Waals surface area contributed by atoms with E-state index >= 15 is 0 Å². The Morgan fingerprint density at radius 1 is 1.14 bits per heavy atom. The molecule has 13 atom stereocenters. The van der Waals surface area contributed by atoms with Gasteiger partial charge in [-0.2, -0.15) is 0 Å². The molecule has 0 aromatic carbocycles. The lowest BCUT2D eigenvalue weighted by Gasteiger charge is -2.66. The van der Waals surface area contributed by atoms with Crippen LogP contribution in [0.1, 0.15) is 32.6 Å². The molecule has 6 aliphatic rings. The number of carbonyl (C=O) groups is 1. The van der Waals surface area contributed by atoms with E-state index in [1.165, 1.54) is 6.92 Å². The molecule has 5 fully saturated rings. The number of methoxy groups -OCH3 is 5. The van der Waals surface area contributed by atoms with Crippen LogP contribution in [0.3, 0.4) is 0 Å². The molecule has 9 heteroatoms. The van der Waals surface area contributed by atoms with Gasteiger partial charge in [0.25, 0.3) is 0 Å². The first kappa shape index (κ1) is 24.2. The SMILES string of the molecule is COC[C@@]12C=N[C@H]3[C@]4([C@@H](OC)CC1)[C@@H]1C[C@H]5[C@H](OC(C)=O)[C@@H]1[C@](OC)(C[C@@H]5OC)[C@@]3(O)[C@@H](OC)[C@H]24. The van der Waals surface area contributed by atoms with Crippen molar-refractivity contribution in [3.8, 4) is 0 Å². The number of esters is 1. The molecule has 1 spiro atoms. The summed E-state index contributed by atoms with van der Waals surface area (Å²) < 4.78 is 36.9. The van der Waals surface area contributed by atoms with Crippen LogP contribution in [0, 0.1) is 34.5 Å². The predicted octanol–water partition coefficient (Wildman–Crippen LogP) is 1.24. The van der Waals surface area contributed by atoms with Crippen LogP contribution in [0.5, 0.6) is 0 Å². The molecular formula is C26H39NO8. The maximum Gasteiger partial charge on any atom is 0.302 e. The molecule has 7 bridgehead atoms. The smallest absolute Gasteiger partial charge is 0.302 e. The lowest BCUT2D eigenvalue weighted by molar-refractivity contribution is -0.301. The van der Waals surface area contributed by atoms with Crippen LogP contribution < -0.4 is 0 Å². The normalized spacial score (nSPS) is 56.8. The van der Waals surface area contributed by atoms with E-state index in [0.717, 1.165) is 19.3 Å². The summed E-state index contributed by atoms with van der Waals surface area (Å²) in [7, 11) is 8.51. The fraction of sp³-hybridized carbons (Fsp3) is 0.923. The lowest BCUT2D eigenvalue weighted by Crippen LogP contribution is -2.78. The van der Waals surface area contributed by atoms with Gasteiger partial charge in [-0.3, -0.25) is 9.79 Å². The zero-order chi connectivity index (χ0) is 25.0. The van der Waals surface area contributed by atoms with Gasteiger partial charge in [0.2, 0.25) is 0 Å². The monoisotopic (exact) mass is 493 g/mol. The van der Waals surface area contributed by atoms with Gasteiger partial charge in [-0.15, -0.1) is 0 Å². The van der Waals surface area contributed by atoms with Crippen molar-refractivity contribution in [1.82, 2.24) is 0 Å². The molecule has 1 N–H and O–H groups in total. The first-order chi connectivity index (χ1) is 16.8. The minimum absolute atomic E-state index is 0.0152. The molecule has 196 valence electrons. The van der Waals surface area contributed by atoms with E-state index in [9.17, 15) is 9.90 Å². The van der Waals surface area contributed by atoms with E-state index in [4.69, 9.17) is 33.4 Å². The van der Waals surface area contributed by atoms with Crippen LogP contribution in [0.2, 0.25) is 0 Å². The summed E-state index contributed by atoms with van der Waals surface area (Å²) in [6, 6.07) is -0.464. The lowest BCUT2D eigenvalue weighted by atomic mass is 9.44. The molecule has 0 saturated heterocycles. The second kappa shape index (κ2) is 7.71. The van der Waals surface area contributed by atoms with Crippen molar-refractivity contribution in [2.75, 3.05) is 42.2 Å². The molecule has 1 heterocycles. The largest absolute Gasteiger partial charge is 0.462 e. The Bertz CT molecular complexity index is 929. The van der Waals surface area contributed by atoms with E-state index in [0.29, 0.717) is 13.0 Å². The summed E-state index contributed by atoms with van der Waals surface area (Å²) in [5.74, 6) is -0.563. The number of rotatable bonds is 7. The fourth-order valence-electron chi connectivity index (χ4n) is 10.6. The molecule has 1 aliphatic heterocycles. The summed E-state index contributed by atoms with van der Waals surface area (Å²) in [5.41, 5.74) is -3.40. The Labute approximate surface area is 206 Å². The average molecular weight is 494 g/mol. The number of carbonyl (C=O) groups excluding carboxylic acids is 1. The van der Waals surface area contributed by atoms with E-state index < -0.39 is 34.9 Å². The molecule has 9 nitrogen and oxygen atoms in total. The predicted molar refractivity (Wildman–Crippen MR) is 124 cm³/mol. The topological polar surface area (TPSA) is 105 Å². The minimum Gasteiger partial charge on any atom is -0.462 e. The maximum atomic E-state index is 13.1. The molecule has 5 saturated carbocycles. The van der Waals surface area contributed by atoms with Crippen molar-refractivity contribution in [2.24, 2.45) is 39.5 Å². The van der Waals surface area contributed by atoms with Gasteiger partial charge in [0.15, 0.2) is 0 Å². The van der Waals surface area contributed by atoms with Crippen molar-refractivity contribution in [3.63, 3.8) is 0 Å². The van der Waals surface area contributed by atoms with Crippen molar-refractivity contribution in [3.05, 3.63) is 0 Å². The molecule has 5 aliphatic carbocycles. The summed E-state index contributed by atoms with van der Waals surface area (Å²) in [6.07, 6.45) is 3.69. The van der Waals surface area contributed by atoms with Crippen LogP contribution in [-0.4, -0.2) is 101 Å². The molecular weight excluding hydrogens is 454 g/mol. The van der Waals surface area contributed by atoms with Gasteiger partial charge in [0.05, 0.1) is 31.0 Å². The number of aliphatic imine (C=N–C) groups is 1. The van der Waals surface area contributed by atoms with Gasteiger partial charge in [-0.25, -0.2) is 0 Å². The van der Waals surface area contributed by atoms with Gasteiger partial charge in [0.1, 0.15) is 17.3 Å². The molecule has 6 rings (SSSR count). The number of ether oxygens (including phenoxy) is 6. The van der Waals surface area contributed by atoms with Crippen LogP contribution in [0.15, 0.2) is 4.99 Å². The maximum absolute atomic E-state index is 13.1. The highest BCUT2D eigenvalue weighted by Crippen LogP contribution is 2.80. The third-order valence-corrected chi connectivity index (χ3v) is 11.2. The van der Waals surface area contributed by atoms with Crippen LogP contribution >= 0.6 is 0 Å². The summed E-state index contributed by atoms with van der Waals surface area (Å²) in [5, 5.41) is 13.1. The third kappa shape index (κ3) is 2.42. The number of hydrogen-bond acceptors (Lipinski definition) is 9. The summed E-state index contributed by atoms with van der Waals surface area (Å²) in [4.78, 5) is 17.5. The number of aliphatic hydroxyl groups is 1. The van der Waals surface area contributed by atoms with E-state index in [-0.39, 0.29) is 47.3 Å². The highest BCUT2D eigenvalue weighted by Gasteiger charge is 2.91. The zero-order valence-electron chi connectivity index (χ0n) is 21.6. The molecule has 0 amide bonds. The standard InChI is InChI=1S/C26H39NO8/c1-13(28)35-19-14-9-15-18(19)24(34-6,10-16(14)31-3)26(29)21(33-5)20-23(12-30-2)8-7-17(32-4)25(15,20)22(26)27-11-23/h11,14-22,29H,7-10,12H2,1-6H3/t14-,15-,16+,17+,18-,19+,20-,21+,22+,23+,24-,25+,26-/m1/s1. The molecule has 35 heavy (non-hydrogen) atoms. The minimum atomic E-state index is -1.46. The van der Waals surface area contributed by atoms with Crippen LogP contribution in [0.4, 0.5) is 0 Å². The average Bonchev–Trinajstić information content (AvgIpc) is 3.18. The summed E-state index contributed by atoms with van der Waals surface area (Å²) >= 11 is 0. The van der Waals surface area contributed by atoms with E-state index in [1.807, 2.05) is 6.21 Å². The number of fused-ring (bicyclic) bond motifs is 2. The first-order valence-electron chi connectivity index (χ1n) is 12.8. The van der Waals surface area contributed by atoms with Gasteiger partial charge in [-0.1, -0.05) is 0 Å². The number of nitrogens with zero attached hydrogens (tertiary/aromatic N) is 1. The second-order valence-electron chi connectivity index (χ2n) is 11.7. The van der Waals surface area contributed by atoms with Gasteiger partial charge >= 0.3 is 5.97 Å². The van der Waals surface area contributed by atoms with E-state index in [1.54, 1.807) is 35.5 Å². The van der Waals surface area contributed by atoms with Gasteiger partial charge in [-0.05, 0) is 25.2 Å².